The number of nitrogens with one attached hydrogen (secondary N) is 1. The summed E-state index contributed by atoms with van der Waals surface area (Å²) in [7, 11) is 0. The Bertz CT molecular complexity index is 621. The molecule has 2 fully saturated rings. The van der Waals surface area contributed by atoms with Crippen LogP contribution in [0.2, 0.25) is 0 Å². The van der Waals surface area contributed by atoms with Crippen LogP contribution in [-0.4, -0.2) is 48.6 Å². The van der Waals surface area contributed by atoms with Crippen LogP contribution in [0.1, 0.15) is 33.1 Å². The Balaban J connectivity index is 1.47. The first-order chi connectivity index (χ1) is 12.4. The molecule has 0 unspecified atom stereocenters. The van der Waals surface area contributed by atoms with Gasteiger partial charge < -0.3 is 15.1 Å². The second-order valence-corrected chi connectivity index (χ2v) is 8.15. The van der Waals surface area contributed by atoms with Crippen molar-refractivity contribution < 1.29 is 13.6 Å². The average Bonchev–Trinajstić information content (AvgIpc) is 2.58. The van der Waals surface area contributed by atoms with Crippen molar-refractivity contribution in [3.8, 4) is 0 Å². The van der Waals surface area contributed by atoms with Crippen LogP contribution in [0.4, 0.5) is 19.3 Å². The largest absolute Gasteiger partial charge is 0.325 e. The van der Waals surface area contributed by atoms with Crippen molar-refractivity contribution in [2.24, 2.45) is 17.8 Å². The second kappa shape index (κ2) is 8.33. The van der Waals surface area contributed by atoms with Gasteiger partial charge in [-0.05, 0) is 49.1 Å². The van der Waals surface area contributed by atoms with Gasteiger partial charge in [-0.1, -0.05) is 13.8 Å². The maximum Gasteiger partial charge on any atom is 0.321 e. The number of hydrogen-bond acceptors (Lipinski definition) is 2. The fourth-order valence-corrected chi connectivity index (χ4v) is 4.41. The van der Waals surface area contributed by atoms with E-state index < -0.39 is 11.6 Å². The van der Waals surface area contributed by atoms with E-state index in [9.17, 15) is 13.6 Å². The zero-order valence-electron chi connectivity index (χ0n) is 15.7. The summed E-state index contributed by atoms with van der Waals surface area (Å²) in [6.45, 7) is 9.40. The van der Waals surface area contributed by atoms with Crippen LogP contribution in [0, 0.1) is 29.4 Å². The van der Waals surface area contributed by atoms with Crippen molar-refractivity contribution in [2.45, 2.75) is 33.1 Å². The van der Waals surface area contributed by atoms with Crippen molar-refractivity contribution in [3.05, 3.63) is 29.8 Å². The van der Waals surface area contributed by atoms with Gasteiger partial charge in [-0.25, -0.2) is 13.6 Å². The number of carbonyl (C=O) groups excluding carboxylic acids is 1. The molecule has 2 atom stereocenters. The highest BCUT2D eigenvalue weighted by Crippen LogP contribution is 2.25. The highest BCUT2D eigenvalue weighted by Gasteiger charge is 2.27. The predicted octanol–water partition coefficient (Wildman–Crippen LogP) is 4.19. The normalized spacial score (nSPS) is 25.3. The summed E-state index contributed by atoms with van der Waals surface area (Å²) in [6, 6.07) is 2.73. The Labute approximate surface area is 154 Å². The molecular formula is C20H29F2N3O. The summed E-state index contributed by atoms with van der Waals surface area (Å²) < 4.78 is 26.9. The van der Waals surface area contributed by atoms with Gasteiger partial charge >= 0.3 is 6.03 Å². The van der Waals surface area contributed by atoms with E-state index in [1.807, 2.05) is 0 Å². The highest BCUT2D eigenvalue weighted by molar-refractivity contribution is 5.89. The number of rotatable bonds is 3. The van der Waals surface area contributed by atoms with Gasteiger partial charge in [-0.2, -0.15) is 0 Å². The third-order valence-corrected chi connectivity index (χ3v) is 5.53. The zero-order chi connectivity index (χ0) is 18.7. The molecule has 1 aromatic rings. The molecule has 0 radical (unpaired) electrons. The molecule has 2 heterocycles. The van der Waals surface area contributed by atoms with Crippen molar-refractivity contribution >= 4 is 11.7 Å². The van der Waals surface area contributed by atoms with E-state index in [-0.39, 0.29) is 11.7 Å². The van der Waals surface area contributed by atoms with Crippen LogP contribution in [-0.2, 0) is 0 Å². The lowest BCUT2D eigenvalue weighted by molar-refractivity contribution is 0.101. The number of benzene rings is 1. The van der Waals surface area contributed by atoms with Gasteiger partial charge in [0.25, 0.3) is 0 Å². The number of urea groups is 1. The Morgan fingerprint density at radius 3 is 2.46 bits per heavy atom. The highest BCUT2D eigenvalue weighted by atomic mass is 19.1. The third-order valence-electron chi connectivity index (χ3n) is 5.53. The summed E-state index contributed by atoms with van der Waals surface area (Å²) in [5.41, 5.74) is -0.103. The monoisotopic (exact) mass is 365 g/mol. The molecule has 0 saturated carbocycles. The molecule has 0 bridgehead atoms. The van der Waals surface area contributed by atoms with Gasteiger partial charge in [0.1, 0.15) is 11.6 Å². The first-order valence-electron chi connectivity index (χ1n) is 9.64. The number of likely N-dealkylation sites (tertiary alicyclic amines) is 2. The van der Waals surface area contributed by atoms with Crippen LogP contribution in [0.15, 0.2) is 18.2 Å². The molecule has 3 rings (SSSR count). The maximum atomic E-state index is 13.7. The first-order valence-corrected chi connectivity index (χ1v) is 9.64. The predicted molar refractivity (Wildman–Crippen MR) is 99.1 cm³/mol. The van der Waals surface area contributed by atoms with Gasteiger partial charge in [0.2, 0.25) is 0 Å². The lowest BCUT2D eigenvalue weighted by atomic mass is 9.89. The Morgan fingerprint density at radius 1 is 1.15 bits per heavy atom. The van der Waals surface area contributed by atoms with Crippen LogP contribution in [0.3, 0.4) is 0 Å². The van der Waals surface area contributed by atoms with E-state index in [2.05, 4.69) is 24.1 Å². The standard InChI is InChI=1S/C20H29F2N3O/c1-14-9-15(2)12-24(11-14)13-16-5-7-25(8-6-16)20(26)23-19-10-17(21)3-4-18(19)22/h3-4,10,14-16H,5-9,11-13H2,1-2H3,(H,23,26)/t14-,15-/m1/s1. The van der Waals surface area contributed by atoms with Gasteiger partial charge in [-0.3, -0.25) is 0 Å². The van der Waals surface area contributed by atoms with Crippen molar-refractivity contribution in [2.75, 3.05) is 38.0 Å². The van der Waals surface area contributed by atoms with Gasteiger partial charge in [0, 0.05) is 38.8 Å². The summed E-state index contributed by atoms with van der Waals surface area (Å²) in [5.74, 6) is 0.924. The van der Waals surface area contributed by atoms with E-state index in [1.165, 1.54) is 19.5 Å². The molecule has 1 aromatic carbocycles. The van der Waals surface area contributed by atoms with Gasteiger partial charge in [0.15, 0.2) is 0 Å². The minimum atomic E-state index is -0.622. The minimum Gasteiger partial charge on any atom is -0.325 e. The number of halogens is 2. The van der Waals surface area contributed by atoms with E-state index in [0.717, 1.165) is 49.4 Å². The number of carbonyl (C=O) groups is 1. The fourth-order valence-electron chi connectivity index (χ4n) is 4.41. The van der Waals surface area contributed by atoms with Crippen molar-refractivity contribution in [1.29, 1.82) is 0 Å². The number of amides is 2. The number of piperidine rings is 2. The smallest absolute Gasteiger partial charge is 0.321 e. The van der Waals surface area contributed by atoms with Crippen molar-refractivity contribution in [1.82, 2.24) is 9.80 Å². The lowest BCUT2D eigenvalue weighted by Gasteiger charge is -2.39. The molecule has 2 aliphatic rings. The summed E-state index contributed by atoms with van der Waals surface area (Å²) >= 11 is 0. The van der Waals surface area contributed by atoms with Crippen LogP contribution >= 0.6 is 0 Å². The molecule has 6 heteroatoms. The van der Waals surface area contributed by atoms with Gasteiger partial charge in [-0.15, -0.1) is 0 Å². The lowest BCUT2D eigenvalue weighted by Crippen LogP contribution is -2.46. The van der Waals surface area contributed by atoms with E-state index >= 15 is 0 Å². The van der Waals surface area contributed by atoms with Crippen LogP contribution < -0.4 is 5.32 Å². The molecule has 0 aromatic heterocycles. The first kappa shape index (κ1) is 19.1. The molecule has 144 valence electrons. The van der Waals surface area contributed by atoms with Crippen molar-refractivity contribution in [3.63, 3.8) is 0 Å². The molecular weight excluding hydrogens is 336 g/mol. The Kier molecular flexibility index (Phi) is 6.12. The topological polar surface area (TPSA) is 35.6 Å². The van der Waals surface area contributed by atoms with Gasteiger partial charge in [0.05, 0.1) is 5.69 Å². The Hall–Kier alpha value is -1.69. The summed E-state index contributed by atoms with van der Waals surface area (Å²) in [6.07, 6.45) is 3.22. The minimum absolute atomic E-state index is 0.103. The van der Waals surface area contributed by atoms with Crippen LogP contribution in [0.25, 0.3) is 0 Å². The SMILES string of the molecule is C[C@@H]1C[C@@H](C)CN(CC2CCN(C(=O)Nc3cc(F)ccc3F)CC2)C1. The van der Waals surface area contributed by atoms with E-state index in [0.29, 0.717) is 19.0 Å². The second-order valence-electron chi connectivity index (χ2n) is 8.15. The molecule has 0 spiro atoms. The summed E-state index contributed by atoms with van der Waals surface area (Å²) in [5, 5.41) is 2.49. The molecule has 2 aliphatic heterocycles. The Morgan fingerprint density at radius 2 is 1.81 bits per heavy atom. The molecule has 2 amide bonds. The molecule has 0 aliphatic carbocycles. The molecule has 1 N–H and O–H groups in total. The van der Waals surface area contributed by atoms with Crippen LogP contribution in [0.5, 0.6) is 0 Å². The molecule has 4 nitrogen and oxygen atoms in total. The molecule has 2 saturated heterocycles. The number of nitrogens with zero attached hydrogens (tertiary/aromatic N) is 2. The average molecular weight is 365 g/mol. The van der Waals surface area contributed by atoms with E-state index in [1.54, 1.807) is 4.90 Å². The quantitative estimate of drug-likeness (QED) is 0.872. The third kappa shape index (κ3) is 4.93. The summed E-state index contributed by atoms with van der Waals surface area (Å²) in [4.78, 5) is 16.6. The maximum absolute atomic E-state index is 13.7. The zero-order valence-corrected chi connectivity index (χ0v) is 15.7. The number of anilines is 1. The fraction of sp³-hybridized carbons (Fsp3) is 0.650. The molecule has 26 heavy (non-hydrogen) atoms. The number of hydrogen-bond donors (Lipinski definition) is 1. The van der Waals surface area contributed by atoms with E-state index in [4.69, 9.17) is 0 Å².